The molecule has 6 heteroatoms. The highest BCUT2D eigenvalue weighted by atomic mass is 127. The van der Waals surface area contributed by atoms with Crippen molar-refractivity contribution in [3.05, 3.63) is 65.5 Å². The van der Waals surface area contributed by atoms with Crippen molar-refractivity contribution in [2.75, 3.05) is 13.1 Å². The van der Waals surface area contributed by atoms with Gasteiger partial charge in [0, 0.05) is 20.1 Å². The van der Waals surface area contributed by atoms with Crippen LogP contribution in [0.3, 0.4) is 0 Å². The molecule has 0 saturated heterocycles. The van der Waals surface area contributed by atoms with E-state index in [1.54, 1.807) is 0 Å². The molecule has 0 amide bonds. The van der Waals surface area contributed by atoms with Crippen LogP contribution in [0, 0.1) is 6.92 Å². The number of rotatable bonds is 6. The van der Waals surface area contributed by atoms with Crippen LogP contribution in [0.4, 0.5) is 0 Å². The number of imidazole rings is 1. The number of guanidine groups is 1. The van der Waals surface area contributed by atoms with E-state index in [0.717, 1.165) is 35.9 Å². The summed E-state index contributed by atoms with van der Waals surface area (Å²) in [4.78, 5) is 9.43. The number of hydrogen-bond donors (Lipinski definition) is 2. The molecular weight excluding hydrogens is 461 g/mol. The minimum atomic E-state index is 0. The summed E-state index contributed by atoms with van der Waals surface area (Å²) in [6, 6.07) is 16.9. The molecule has 1 aromatic heterocycles. The van der Waals surface area contributed by atoms with E-state index >= 15 is 0 Å². The third-order valence-corrected chi connectivity index (χ3v) is 4.82. The number of nitrogens with zero attached hydrogens (tertiary/aromatic N) is 3. The lowest BCUT2D eigenvalue weighted by Crippen LogP contribution is -2.39. The molecule has 0 spiro atoms. The van der Waals surface area contributed by atoms with E-state index < -0.39 is 0 Å². The van der Waals surface area contributed by atoms with Crippen LogP contribution < -0.4 is 10.6 Å². The van der Waals surface area contributed by atoms with Crippen molar-refractivity contribution in [2.45, 2.75) is 33.2 Å². The predicted octanol–water partition coefficient (Wildman–Crippen LogP) is 4.36. The number of halogens is 1. The van der Waals surface area contributed by atoms with Crippen molar-refractivity contribution in [3.63, 3.8) is 0 Å². The van der Waals surface area contributed by atoms with Gasteiger partial charge in [-0.2, -0.15) is 0 Å². The molecule has 28 heavy (non-hydrogen) atoms. The first-order valence-corrected chi connectivity index (χ1v) is 9.57. The van der Waals surface area contributed by atoms with E-state index in [4.69, 9.17) is 9.98 Å². The molecule has 1 heterocycles. The van der Waals surface area contributed by atoms with E-state index in [1.807, 2.05) is 25.2 Å². The number of nitrogens with one attached hydrogen (secondary N) is 2. The van der Waals surface area contributed by atoms with Crippen molar-refractivity contribution >= 4 is 41.0 Å². The Morgan fingerprint density at radius 3 is 2.50 bits per heavy atom. The van der Waals surface area contributed by atoms with E-state index in [2.05, 4.69) is 66.3 Å². The molecule has 0 radical (unpaired) electrons. The predicted molar refractivity (Wildman–Crippen MR) is 129 cm³/mol. The Morgan fingerprint density at radius 2 is 1.82 bits per heavy atom. The van der Waals surface area contributed by atoms with Gasteiger partial charge in [0.05, 0.1) is 11.0 Å². The van der Waals surface area contributed by atoms with Crippen LogP contribution in [0.15, 0.2) is 53.5 Å². The molecule has 3 rings (SSSR count). The lowest BCUT2D eigenvalue weighted by atomic mass is 10.0. The van der Waals surface area contributed by atoms with Gasteiger partial charge in [-0.15, -0.1) is 24.0 Å². The first-order chi connectivity index (χ1) is 13.1. The first-order valence-electron chi connectivity index (χ1n) is 9.57. The topological polar surface area (TPSA) is 54.2 Å². The zero-order valence-electron chi connectivity index (χ0n) is 17.1. The first kappa shape index (κ1) is 22.2. The maximum atomic E-state index is 4.73. The number of aryl methyl sites for hydroxylation is 2. The fourth-order valence-corrected chi connectivity index (χ4v) is 3.09. The molecule has 3 aromatic rings. The minimum Gasteiger partial charge on any atom is -0.357 e. The van der Waals surface area contributed by atoms with Gasteiger partial charge in [-0.3, -0.25) is 0 Å². The molecule has 5 nitrogen and oxygen atoms in total. The summed E-state index contributed by atoms with van der Waals surface area (Å²) < 4.78 is 2.11. The average molecular weight is 491 g/mol. The summed E-state index contributed by atoms with van der Waals surface area (Å²) in [7, 11) is 2.04. The van der Waals surface area contributed by atoms with Gasteiger partial charge in [-0.1, -0.05) is 48.9 Å². The van der Waals surface area contributed by atoms with Crippen LogP contribution in [0.1, 0.15) is 36.7 Å². The second kappa shape index (κ2) is 10.5. The van der Waals surface area contributed by atoms with Gasteiger partial charge in [0.2, 0.25) is 0 Å². The summed E-state index contributed by atoms with van der Waals surface area (Å²) >= 11 is 0. The second-order valence-corrected chi connectivity index (χ2v) is 6.96. The highest BCUT2D eigenvalue weighted by Gasteiger charge is 2.09. The molecule has 0 saturated carbocycles. The van der Waals surface area contributed by atoms with Crippen LogP contribution in [-0.4, -0.2) is 28.6 Å². The van der Waals surface area contributed by atoms with Crippen molar-refractivity contribution in [1.29, 1.82) is 0 Å². The Kier molecular flexibility index (Phi) is 8.29. The minimum absolute atomic E-state index is 0. The largest absolute Gasteiger partial charge is 0.357 e. The number of para-hydroxylation sites is 2. The average Bonchev–Trinajstić information content (AvgIpc) is 3.00. The number of hydrogen-bond acceptors (Lipinski definition) is 2. The van der Waals surface area contributed by atoms with E-state index in [9.17, 15) is 0 Å². The molecule has 2 N–H and O–H groups in total. The maximum absolute atomic E-state index is 4.73. The van der Waals surface area contributed by atoms with Crippen molar-refractivity contribution in [2.24, 2.45) is 12.0 Å². The second-order valence-electron chi connectivity index (χ2n) is 6.96. The summed E-state index contributed by atoms with van der Waals surface area (Å²) in [6.45, 7) is 8.62. The molecule has 0 bridgehead atoms. The Labute approximate surface area is 184 Å². The lowest BCUT2D eigenvalue weighted by Gasteiger charge is -2.16. The SMILES string of the molecule is CCNC(=NCc1nc2ccccc2n1C)NCC(C)c1ccc(C)cc1.I. The van der Waals surface area contributed by atoms with Crippen LogP contribution >= 0.6 is 24.0 Å². The Hall–Kier alpha value is -2.09. The number of fused-ring (bicyclic) bond motifs is 1. The lowest BCUT2D eigenvalue weighted by molar-refractivity contribution is 0.696. The number of aliphatic imine (C=N–C) groups is 1. The van der Waals surface area contributed by atoms with Crippen LogP contribution in [-0.2, 0) is 13.6 Å². The zero-order valence-corrected chi connectivity index (χ0v) is 19.4. The smallest absolute Gasteiger partial charge is 0.191 e. The molecule has 0 fully saturated rings. The third kappa shape index (κ3) is 5.47. The Morgan fingerprint density at radius 1 is 1.11 bits per heavy atom. The Balaban J connectivity index is 0.00000280. The molecule has 150 valence electrons. The Bertz CT molecular complexity index is 914. The van der Waals surface area contributed by atoms with E-state index in [-0.39, 0.29) is 24.0 Å². The van der Waals surface area contributed by atoms with Crippen LogP contribution in [0.5, 0.6) is 0 Å². The van der Waals surface area contributed by atoms with Gasteiger partial charge in [0.25, 0.3) is 0 Å². The molecule has 0 aliphatic heterocycles. The van der Waals surface area contributed by atoms with Crippen LogP contribution in [0.25, 0.3) is 11.0 Å². The van der Waals surface area contributed by atoms with Crippen molar-refractivity contribution in [1.82, 2.24) is 20.2 Å². The maximum Gasteiger partial charge on any atom is 0.191 e. The molecule has 0 aliphatic carbocycles. The molecule has 1 atom stereocenters. The molecule has 0 aliphatic rings. The fourth-order valence-electron chi connectivity index (χ4n) is 3.09. The third-order valence-electron chi connectivity index (χ3n) is 4.82. The van der Waals surface area contributed by atoms with Gasteiger partial charge < -0.3 is 15.2 Å². The summed E-state index contributed by atoms with van der Waals surface area (Å²) in [5, 5.41) is 6.78. The van der Waals surface area contributed by atoms with Gasteiger partial charge in [0.15, 0.2) is 5.96 Å². The molecular formula is C22H30IN5. The summed E-state index contributed by atoms with van der Waals surface area (Å²) in [5.41, 5.74) is 4.76. The van der Waals surface area contributed by atoms with E-state index in [1.165, 1.54) is 11.1 Å². The summed E-state index contributed by atoms with van der Waals surface area (Å²) in [6.07, 6.45) is 0. The highest BCUT2D eigenvalue weighted by Crippen LogP contribution is 2.16. The van der Waals surface area contributed by atoms with E-state index in [0.29, 0.717) is 12.5 Å². The standard InChI is InChI=1S/C22H29N5.HI/c1-5-23-22(24-14-17(3)18-12-10-16(2)11-13-18)25-15-21-26-19-8-6-7-9-20(19)27(21)4;/h6-13,17H,5,14-15H2,1-4H3,(H2,23,24,25);1H. The number of benzene rings is 2. The van der Waals surface area contributed by atoms with Crippen molar-refractivity contribution < 1.29 is 0 Å². The normalized spacial score (nSPS) is 12.5. The van der Waals surface area contributed by atoms with Crippen molar-refractivity contribution in [3.8, 4) is 0 Å². The van der Waals surface area contributed by atoms with Gasteiger partial charge in [0.1, 0.15) is 12.4 Å². The van der Waals surface area contributed by atoms with Gasteiger partial charge >= 0.3 is 0 Å². The zero-order chi connectivity index (χ0) is 19.2. The summed E-state index contributed by atoms with van der Waals surface area (Å²) in [5.74, 6) is 2.19. The quantitative estimate of drug-likeness (QED) is 0.306. The molecule has 1 unspecified atom stereocenters. The van der Waals surface area contributed by atoms with Gasteiger partial charge in [-0.05, 0) is 37.5 Å². The fraction of sp³-hybridized carbons (Fsp3) is 0.364. The molecule has 2 aromatic carbocycles. The monoisotopic (exact) mass is 491 g/mol. The van der Waals surface area contributed by atoms with Crippen LogP contribution in [0.2, 0.25) is 0 Å². The van der Waals surface area contributed by atoms with Gasteiger partial charge in [-0.25, -0.2) is 9.98 Å². The highest BCUT2D eigenvalue weighted by molar-refractivity contribution is 14.0. The number of aromatic nitrogens is 2.